The molecule has 1 unspecified atom stereocenters. The van der Waals surface area contributed by atoms with Crippen molar-refractivity contribution in [1.82, 2.24) is 0 Å². The number of carbonyl (C=O) groups is 1. The van der Waals surface area contributed by atoms with E-state index in [1.807, 2.05) is 13.8 Å². The van der Waals surface area contributed by atoms with Gasteiger partial charge in [-0.05, 0) is 74.5 Å². The highest BCUT2D eigenvalue weighted by Crippen LogP contribution is 2.70. The molecule has 0 bridgehead atoms. The number of aliphatic hydroxyl groups is 2. The minimum absolute atomic E-state index is 0.0189. The van der Waals surface area contributed by atoms with E-state index in [2.05, 4.69) is 27.7 Å². The van der Waals surface area contributed by atoms with E-state index in [0.29, 0.717) is 6.42 Å². The largest absolute Gasteiger partial charge is 0.509 e. The van der Waals surface area contributed by atoms with Crippen molar-refractivity contribution >= 4 is 6.16 Å². The fourth-order valence-electron chi connectivity index (χ4n) is 6.79. The molecule has 0 aromatic heterocycles. The standard InChI is InChI=1S/C22H38O5/c1-18(2)9-7-10-19(3)15(20(4,25)12-13-22(18,19)6)8-11-21(5)16(14-23)26-17(24)27-21/h15-16,23,25H,7-14H2,1-6H3/t15-,16+,19-,20-,21?,22+/m1/s1. The van der Waals surface area contributed by atoms with Crippen molar-refractivity contribution in [2.75, 3.05) is 6.61 Å². The number of rotatable bonds is 4. The zero-order valence-electron chi connectivity index (χ0n) is 17.9. The van der Waals surface area contributed by atoms with Crippen molar-refractivity contribution in [3.63, 3.8) is 0 Å². The fourth-order valence-corrected chi connectivity index (χ4v) is 6.79. The highest BCUT2D eigenvalue weighted by Gasteiger charge is 2.64. The predicted molar refractivity (Wildman–Crippen MR) is 103 cm³/mol. The molecule has 0 spiro atoms. The molecule has 0 amide bonds. The third-order valence-electron chi connectivity index (χ3n) is 9.23. The molecule has 1 saturated heterocycles. The Kier molecular flexibility index (Phi) is 4.92. The Morgan fingerprint density at radius 2 is 1.70 bits per heavy atom. The molecule has 156 valence electrons. The van der Waals surface area contributed by atoms with Gasteiger partial charge >= 0.3 is 6.16 Å². The SMILES string of the molecule is CC1(CC[C@H]2[C@](C)(O)CC[C@@]3(C)C(C)(C)CCC[C@]23C)OC(=O)O[C@H]1CO. The Labute approximate surface area is 163 Å². The van der Waals surface area contributed by atoms with Crippen LogP contribution in [0.5, 0.6) is 0 Å². The lowest BCUT2D eigenvalue weighted by atomic mass is 9.38. The summed E-state index contributed by atoms with van der Waals surface area (Å²) in [5.74, 6) is 0.110. The summed E-state index contributed by atoms with van der Waals surface area (Å²) < 4.78 is 10.6. The second-order valence-electron chi connectivity index (χ2n) is 10.9. The minimum Gasteiger partial charge on any atom is -0.424 e. The van der Waals surface area contributed by atoms with E-state index in [9.17, 15) is 15.0 Å². The quantitative estimate of drug-likeness (QED) is 0.703. The molecular formula is C22H38O5. The summed E-state index contributed by atoms with van der Waals surface area (Å²) in [6.07, 6.45) is 5.34. The molecule has 0 aromatic rings. The van der Waals surface area contributed by atoms with Crippen molar-refractivity contribution in [2.45, 2.75) is 104 Å². The van der Waals surface area contributed by atoms with E-state index in [1.54, 1.807) is 0 Å². The second kappa shape index (κ2) is 6.35. The first-order chi connectivity index (χ1) is 12.3. The normalized spacial score (nSPS) is 49.3. The maximum absolute atomic E-state index is 11.6. The van der Waals surface area contributed by atoms with Crippen molar-refractivity contribution in [2.24, 2.45) is 22.2 Å². The van der Waals surface area contributed by atoms with E-state index < -0.39 is 23.5 Å². The van der Waals surface area contributed by atoms with Crippen LogP contribution < -0.4 is 0 Å². The Balaban J connectivity index is 1.89. The first-order valence-corrected chi connectivity index (χ1v) is 10.5. The Hall–Kier alpha value is -0.810. The fraction of sp³-hybridized carbons (Fsp3) is 0.955. The Morgan fingerprint density at radius 3 is 2.33 bits per heavy atom. The Morgan fingerprint density at radius 1 is 1.04 bits per heavy atom. The molecule has 5 heteroatoms. The van der Waals surface area contributed by atoms with Crippen LogP contribution in [0, 0.1) is 22.2 Å². The zero-order valence-corrected chi connectivity index (χ0v) is 17.9. The molecule has 3 fully saturated rings. The van der Waals surface area contributed by atoms with Gasteiger partial charge in [0.1, 0.15) is 0 Å². The zero-order chi connectivity index (χ0) is 20.3. The third kappa shape index (κ3) is 3.00. The van der Waals surface area contributed by atoms with Gasteiger partial charge in [0.25, 0.3) is 0 Å². The van der Waals surface area contributed by atoms with E-state index in [-0.39, 0.29) is 28.8 Å². The molecule has 1 aliphatic heterocycles. The van der Waals surface area contributed by atoms with Gasteiger partial charge in [0.15, 0.2) is 11.7 Å². The van der Waals surface area contributed by atoms with Crippen LogP contribution in [0.2, 0.25) is 0 Å². The van der Waals surface area contributed by atoms with Crippen LogP contribution in [0.1, 0.15) is 86.5 Å². The monoisotopic (exact) mass is 382 g/mol. The number of ether oxygens (including phenoxy) is 2. The summed E-state index contributed by atoms with van der Waals surface area (Å²) in [6, 6.07) is 0. The summed E-state index contributed by atoms with van der Waals surface area (Å²) in [5, 5.41) is 21.0. The van der Waals surface area contributed by atoms with Gasteiger partial charge in [-0.1, -0.05) is 34.1 Å². The number of hydrogen-bond donors (Lipinski definition) is 2. The van der Waals surface area contributed by atoms with E-state index in [4.69, 9.17) is 9.47 Å². The summed E-state index contributed by atoms with van der Waals surface area (Å²) in [4.78, 5) is 11.6. The van der Waals surface area contributed by atoms with Crippen LogP contribution in [-0.4, -0.2) is 40.3 Å². The molecule has 0 radical (unpaired) electrons. The lowest BCUT2D eigenvalue weighted by Crippen LogP contribution is -2.63. The highest BCUT2D eigenvalue weighted by molar-refractivity contribution is 5.63. The summed E-state index contributed by atoms with van der Waals surface area (Å²) >= 11 is 0. The van der Waals surface area contributed by atoms with Gasteiger partial charge in [0.05, 0.1) is 12.2 Å². The van der Waals surface area contributed by atoms with Crippen molar-refractivity contribution in [3.05, 3.63) is 0 Å². The smallest absolute Gasteiger partial charge is 0.424 e. The van der Waals surface area contributed by atoms with Crippen LogP contribution in [0.3, 0.4) is 0 Å². The first kappa shape index (κ1) is 20.9. The second-order valence-corrected chi connectivity index (χ2v) is 10.9. The molecule has 2 aliphatic carbocycles. The lowest BCUT2D eigenvalue weighted by Gasteiger charge is -2.67. The molecular weight excluding hydrogens is 344 g/mol. The van der Waals surface area contributed by atoms with Crippen LogP contribution in [-0.2, 0) is 9.47 Å². The van der Waals surface area contributed by atoms with Crippen molar-refractivity contribution in [1.29, 1.82) is 0 Å². The summed E-state index contributed by atoms with van der Waals surface area (Å²) in [5.41, 5.74) is -1.17. The van der Waals surface area contributed by atoms with Crippen molar-refractivity contribution < 1.29 is 24.5 Å². The van der Waals surface area contributed by atoms with Gasteiger partial charge in [0.2, 0.25) is 0 Å². The molecule has 1 heterocycles. The maximum Gasteiger partial charge on any atom is 0.509 e. The predicted octanol–water partition coefficient (Wildman–Crippen LogP) is 4.44. The maximum atomic E-state index is 11.6. The van der Waals surface area contributed by atoms with Gasteiger partial charge in [-0.3, -0.25) is 0 Å². The van der Waals surface area contributed by atoms with Gasteiger partial charge < -0.3 is 19.7 Å². The average Bonchev–Trinajstić information content (AvgIpc) is 2.84. The molecule has 3 aliphatic rings. The topological polar surface area (TPSA) is 76.0 Å². The lowest BCUT2D eigenvalue weighted by molar-refractivity contribution is -0.220. The molecule has 6 atom stereocenters. The highest BCUT2D eigenvalue weighted by atomic mass is 16.8. The first-order valence-electron chi connectivity index (χ1n) is 10.5. The van der Waals surface area contributed by atoms with E-state index in [0.717, 1.165) is 25.7 Å². The van der Waals surface area contributed by atoms with Crippen molar-refractivity contribution in [3.8, 4) is 0 Å². The number of hydrogen-bond acceptors (Lipinski definition) is 5. The van der Waals surface area contributed by atoms with Gasteiger partial charge in [-0.25, -0.2) is 4.79 Å². The average molecular weight is 383 g/mol. The molecule has 2 saturated carbocycles. The molecule has 2 N–H and O–H groups in total. The molecule has 0 aromatic carbocycles. The van der Waals surface area contributed by atoms with E-state index >= 15 is 0 Å². The number of aliphatic hydroxyl groups excluding tert-OH is 1. The van der Waals surface area contributed by atoms with Crippen LogP contribution in [0.25, 0.3) is 0 Å². The third-order valence-corrected chi connectivity index (χ3v) is 9.23. The van der Waals surface area contributed by atoms with E-state index in [1.165, 1.54) is 12.8 Å². The summed E-state index contributed by atoms with van der Waals surface area (Å²) in [6.45, 7) is 13.1. The molecule has 5 nitrogen and oxygen atoms in total. The van der Waals surface area contributed by atoms with Crippen LogP contribution in [0.15, 0.2) is 0 Å². The Bertz CT molecular complexity index is 600. The van der Waals surface area contributed by atoms with Gasteiger partial charge in [0, 0.05) is 0 Å². The number of cyclic esters (lactones) is 2. The minimum atomic E-state index is -0.837. The number of carbonyl (C=O) groups excluding carboxylic acids is 1. The van der Waals surface area contributed by atoms with Gasteiger partial charge in [-0.2, -0.15) is 0 Å². The molecule has 27 heavy (non-hydrogen) atoms. The molecule has 3 rings (SSSR count). The van der Waals surface area contributed by atoms with Gasteiger partial charge in [-0.15, -0.1) is 0 Å². The van der Waals surface area contributed by atoms with Crippen LogP contribution >= 0.6 is 0 Å². The van der Waals surface area contributed by atoms with Crippen LogP contribution in [0.4, 0.5) is 4.79 Å². The summed E-state index contributed by atoms with van der Waals surface area (Å²) in [7, 11) is 0. The number of fused-ring (bicyclic) bond motifs is 1.